The Labute approximate surface area is 117 Å². The highest BCUT2D eigenvalue weighted by Crippen LogP contribution is 2.37. The average Bonchev–Trinajstić information content (AvgIpc) is 2.40. The lowest BCUT2D eigenvalue weighted by molar-refractivity contribution is -0.127. The maximum absolute atomic E-state index is 12.1. The van der Waals surface area contributed by atoms with Gasteiger partial charge in [0.1, 0.15) is 0 Å². The number of hydrogen-bond acceptors (Lipinski definition) is 2. The van der Waals surface area contributed by atoms with Crippen LogP contribution in [0.3, 0.4) is 0 Å². The third kappa shape index (κ3) is 3.50. The zero-order valence-electron chi connectivity index (χ0n) is 12.6. The number of hydrogen-bond donors (Lipinski definition) is 2. The van der Waals surface area contributed by atoms with E-state index in [1.165, 1.54) is 38.5 Å². The van der Waals surface area contributed by atoms with Crippen molar-refractivity contribution < 1.29 is 4.79 Å². The van der Waals surface area contributed by atoms with Gasteiger partial charge in [0.05, 0.1) is 5.54 Å². The summed E-state index contributed by atoms with van der Waals surface area (Å²) in [5, 5.41) is 3.68. The van der Waals surface area contributed by atoms with Crippen LogP contribution in [0.4, 0.5) is 0 Å². The zero-order chi connectivity index (χ0) is 13.9. The molecule has 2 atom stereocenters. The van der Waals surface area contributed by atoms with Crippen LogP contribution in [-0.2, 0) is 4.79 Å². The first-order valence-corrected chi connectivity index (χ1v) is 8.11. The van der Waals surface area contributed by atoms with Crippen molar-refractivity contribution in [3.63, 3.8) is 0 Å². The molecule has 3 nitrogen and oxygen atoms in total. The van der Waals surface area contributed by atoms with Gasteiger partial charge in [-0.1, -0.05) is 46.0 Å². The molecule has 0 saturated heterocycles. The number of nitrogens with two attached hydrogens (primary N) is 1. The summed E-state index contributed by atoms with van der Waals surface area (Å²) < 4.78 is 0. The number of rotatable bonds is 4. The molecule has 0 aromatic rings. The largest absolute Gasteiger partial charge is 0.368 e. The second-order valence-electron chi connectivity index (χ2n) is 7.03. The van der Waals surface area contributed by atoms with Crippen LogP contribution >= 0.6 is 0 Å². The Morgan fingerprint density at radius 1 is 1.16 bits per heavy atom. The first kappa shape index (κ1) is 14.8. The summed E-state index contributed by atoms with van der Waals surface area (Å²) in [6, 6.07) is 0.507. The molecule has 0 radical (unpaired) electrons. The minimum atomic E-state index is -0.421. The predicted octanol–water partition coefficient (Wildman–Crippen LogP) is 2.98. The lowest BCUT2D eigenvalue weighted by Crippen LogP contribution is -2.61. The van der Waals surface area contributed by atoms with Crippen molar-refractivity contribution in [2.24, 2.45) is 17.6 Å². The van der Waals surface area contributed by atoms with E-state index >= 15 is 0 Å². The van der Waals surface area contributed by atoms with Gasteiger partial charge >= 0.3 is 0 Å². The summed E-state index contributed by atoms with van der Waals surface area (Å²) in [5.74, 6) is 1.16. The minimum absolute atomic E-state index is 0.122. The summed E-state index contributed by atoms with van der Waals surface area (Å²) in [6.07, 6.45) is 10.6. The molecule has 0 heterocycles. The van der Waals surface area contributed by atoms with Crippen molar-refractivity contribution in [2.75, 3.05) is 0 Å². The summed E-state index contributed by atoms with van der Waals surface area (Å²) in [6.45, 7) is 4.53. The highest BCUT2D eigenvalue weighted by molar-refractivity contribution is 5.84. The van der Waals surface area contributed by atoms with Crippen molar-refractivity contribution >= 4 is 5.91 Å². The highest BCUT2D eigenvalue weighted by Gasteiger charge is 2.43. The minimum Gasteiger partial charge on any atom is -0.368 e. The molecule has 2 unspecified atom stereocenters. The Morgan fingerprint density at radius 2 is 1.84 bits per heavy atom. The van der Waals surface area contributed by atoms with E-state index in [4.69, 9.17) is 5.73 Å². The van der Waals surface area contributed by atoms with E-state index in [1.807, 2.05) is 0 Å². The van der Waals surface area contributed by atoms with E-state index in [-0.39, 0.29) is 5.91 Å². The summed E-state index contributed by atoms with van der Waals surface area (Å²) in [4.78, 5) is 12.1. The molecule has 0 aromatic carbocycles. The number of carbonyl (C=O) groups excluding carboxylic acids is 1. The van der Waals surface area contributed by atoms with Gasteiger partial charge in [0.25, 0.3) is 0 Å². The summed E-state index contributed by atoms with van der Waals surface area (Å²) in [5.41, 5.74) is 5.36. The average molecular weight is 266 g/mol. The fourth-order valence-electron chi connectivity index (χ4n) is 3.95. The molecule has 2 rings (SSSR count). The quantitative estimate of drug-likeness (QED) is 0.822. The molecule has 2 aliphatic carbocycles. The van der Waals surface area contributed by atoms with Gasteiger partial charge in [-0.2, -0.15) is 0 Å². The Balaban J connectivity index is 2.06. The van der Waals surface area contributed by atoms with Gasteiger partial charge in [0, 0.05) is 6.04 Å². The highest BCUT2D eigenvalue weighted by atomic mass is 16.1. The monoisotopic (exact) mass is 266 g/mol. The van der Waals surface area contributed by atoms with Gasteiger partial charge in [-0.25, -0.2) is 0 Å². The molecule has 0 aromatic heterocycles. The van der Waals surface area contributed by atoms with Crippen molar-refractivity contribution in [3.8, 4) is 0 Å². The van der Waals surface area contributed by atoms with Gasteiger partial charge in [-0.05, 0) is 37.5 Å². The van der Waals surface area contributed by atoms with E-state index in [9.17, 15) is 4.79 Å². The first-order valence-electron chi connectivity index (χ1n) is 8.11. The van der Waals surface area contributed by atoms with Crippen LogP contribution < -0.4 is 11.1 Å². The zero-order valence-corrected chi connectivity index (χ0v) is 12.6. The molecule has 2 aliphatic rings. The van der Waals surface area contributed by atoms with E-state index < -0.39 is 5.54 Å². The second-order valence-corrected chi connectivity index (χ2v) is 7.03. The predicted molar refractivity (Wildman–Crippen MR) is 78.7 cm³/mol. The molecule has 2 fully saturated rings. The fourth-order valence-corrected chi connectivity index (χ4v) is 3.95. The molecular formula is C16H30N2O. The smallest absolute Gasteiger partial charge is 0.237 e. The molecule has 0 bridgehead atoms. The molecule has 0 spiro atoms. The number of carbonyl (C=O) groups is 1. The van der Waals surface area contributed by atoms with Crippen molar-refractivity contribution in [1.29, 1.82) is 0 Å². The van der Waals surface area contributed by atoms with Crippen LogP contribution in [0.15, 0.2) is 0 Å². The van der Waals surface area contributed by atoms with E-state index in [0.717, 1.165) is 19.3 Å². The van der Waals surface area contributed by atoms with Gasteiger partial charge in [-0.15, -0.1) is 0 Å². The molecule has 3 N–H and O–H groups in total. The molecule has 0 aliphatic heterocycles. The van der Waals surface area contributed by atoms with Crippen LogP contribution in [0.5, 0.6) is 0 Å². The van der Waals surface area contributed by atoms with E-state index in [2.05, 4.69) is 19.2 Å². The maximum Gasteiger partial charge on any atom is 0.237 e. The summed E-state index contributed by atoms with van der Waals surface area (Å²) >= 11 is 0. The topological polar surface area (TPSA) is 55.1 Å². The van der Waals surface area contributed by atoms with Crippen LogP contribution in [0.1, 0.15) is 71.6 Å². The van der Waals surface area contributed by atoms with Gasteiger partial charge in [0.15, 0.2) is 0 Å². The number of nitrogens with one attached hydrogen (secondary N) is 1. The van der Waals surface area contributed by atoms with E-state index in [0.29, 0.717) is 17.9 Å². The molecule has 110 valence electrons. The fraction of sp³-hybridized carbons (Fsp3) is 0.938. The Kier molecular flexibility index (Phi) is 4.88. The molecule has 2 saturated carbocycles. The van der Waals surface area contributed by atoms with Crippen molar-refractivity contribution in [1.82, 2.24) is 5.32 Å². The third-order valence-corrected chi connectivity index (χ3v) is 5.29. The van der Waals surface area contributed by atoms with Crippen molar-refractivity contribution in [3.05, 3.63) is 0 Å². The number of amides is 1. The molecule has 1 amide bonds. The molecule has 3 heteroatoms. The standard InChI is InChI=1S/C16H30N2O/c1-12(2)13-7-6-10-16(11-13,15(17)19)18-14-8-4-3-5-9-14/h12-14,18H,3-11H2,1-2H3,(H2,17,19). The number of primary amides is 1. The van der Waals surface area contributed by atoms with Gasteiger partial charge in [0.2, 0.25) is 5.91 Å². The lowest BCUT2D eigenvalue weighted by atomic mass is 9.70. The maximum atomic E-state index is 12.1. The van der Waals surface area contributed by atoms with E-state index in [1.54, 1.807) is 0 Å². The van der Waals surface area contributed by atoms with Crippen LogP contribution in [0.25, 0.3) is 0 Å². The van der Waals surface area contributed by atoms with Crippen LogP contribution in [0, 0.1) is 11.8 Å². The summed E-state index contributed by atoms with van der Waals surface area (Å²) in [7, 11) is 0. The normalized spacial score (nSPS) is 33.5. The van der Waals surface area contributed by atoms with Crippen molar-refractivity contribution in [2.45, 2.75) is 83.2 Å². The van der Waals surface area contributed by atoms with Gasteiger partial charge < -0.3 is 11.1 Å². The SMILES string of the molecule is CC(C)C1CCCC(NC2CCCCC2)(C(N)=O)C1. The Bertz CT molecular complexity index is 310. The molecular weight excluding hydrogens is 236 g/mol. The molecule has 19 heavy (non-hydrogen) atoms. The Hall–Kier alpha value is -0.570. The van der Waals surface area contributed by atoms with Crippen LogP contribution in [0.2, 0.25) is 0 Å². The third-order valence-electron chi connectivity index (χ3n) is 5.29. The first-order chi connectivity index (χ1) is 9.03. The second kappa shape index (κ2) is 6.25. The van der Waals surface area contributed by atoms with Gasteiger partial charge in [-0.3, -0.25) is 4.79 Å². The Morgan fingerprint density at radius 3 is 2.42 bits per heavy atom. The van der Waals surface area contributed by atoms with Crippen LogP contribution in [-0.4, -0.2) is 17.5 Å². The lowest BCUT2D eigenvalue weighted by Gasteiger charge is -2.43.